The Morgan fingerprint density at radius 3 is 2.33 bits per heavy atom. The van der Waals surface area contributed by atoms with Gasteiger partial charge in [0.05, 0.1) is 0 Å². The van der Waals surface area contributed by atoms with Gasteiger partial charge in [0, 0.05) is 0 Å². The van der Waals surface area contributed by atoms with Crippen molar-refractivity contribution in [3.63, 3.8) is 0 Å². The van der Waals surface area contributed by atoms with Gasteiger partial charge in [0.1, 0.15) is 0 Å². The van der Waals surface area contributed by atoms with Crippen LogP contribution in [0.1, 0.15) is 25.0 Å². The second kappa shape index (κ2) is 5.35. The summed E-state index contributed by atoms with van der Waals surface area (Å²) in [6.45, 7) is 10.2. The van der Waals surface area contributed by atoms with E-state index in [0.717, 1.165) is 0 Å². The van der Waals surface area contributed by atoms with Gasteiger partial charge >= 0.3 is 0 Å². The number of allylic oxidation sites excluding steroid dienone is 5. The Morgan fingerprint density at radius 2 is 1.80 bits per heavy atom. The largest absolute Gasteiger partial charge is 0.0984 e. The maximum Gasteiger partial charge on any atom is -0.0155 e. The second-order valence-electron chi connectivity index (χ2n) is 3.89. The second-order valence-corrected chi connectivity index (χ2v) is 3.89. The van der Waals surface area contributed by atoms with Crippen LogP contribution in [0.2, 0.25) is 0 Å². The van der Waals surface area contributed by atoms with Crippen LogP contribution < -0.4 is 0 Å². The molecule has 0 aliphatic heterocycles. The standard InChI is InChI=1S/C15H18/c1-5-14(11-10-12(2)3)15-9-7-6-8-13(15)4/h5-11H,1H2,2-4H3/b14-11+. The average Bonchev–Trinajstić information content (AvgIpc) is 2.21. The summed E-state index contributed by atoms with van der Waals surface area (Å²) < 4.78 is 0. The van der Waals surface area contributed by atoms with Crippen molar-refractivity contribution in [1.29, 1.82) is 0 Å². The maximum atomic E-state index is 3.86. The summed E-state index contributed by atoms with van der Waals surface area (Å²) in [6.07, 6.45) is 6.13. The summed E-state index contributed by atoms with van der Waals surface area (Å²) in [7, 11) is 0. The van der Waals surface area contributed by atoms with Crippen LogP contribution in [-0.2, 0) is 0 Å². The number of rotatable bonds is 3. The molecule has 0 spiro atoms. The van der Waals surface area contributed by atoms with Crippen molar-refractivity contribution in [3.8, 4) is 0 Å². The Labute approximate surface area is 92.6 Å². The third-order valence-electron chi connectivity index (χ3n) is 2.27. The number of aryl methyl sites for hydroxylation is 1. The summed E-state index contributed by atoms with van der Waals surface area (Å²) in [5, 5.41) is 0. The molecular weight excluding hydrogens is 180 g/mol. The van der Waals surface area contributed by atoms with Crippen LogP contribution in [0, 0.1) is 6.92 Å². The Kier molecular flexibility index (Phi) is 4.11. The highest BCUT2D eigenvalue weighted by Crippen LogP contribution is 2.19. The summed E-state index contributed by atoms with van der Waals surface area (Å²) in [6, 6.07) is 8.36. The molecule has 15 heavy (non-hydrogen) atoms. The van der Waals surface area contributed by atoms with E-state index in [1.807, 2.05) is 6.08 Å². The van der Waals surface area contributed by atoms with Gasteiger partial charge in [-0.05, 0) is 37.5 Å². The quantitative estimate of drug-likeness (QED) is 0.626. The lowest BCUT2D eigenvalue weighted by atomic mass is 10.00. The molecule has 0 aromatic heterocycles. The maximum absolute atomic E-state index is 3.86. The van der Waals surface area contributed by atoms with Gasteiger partial charge in [0.2, 0.25) is 0 Å². The van der Waals surface area contributed by atoms with Gasteiger partial charge < -0.3 is 0 Å². The predicted octanol–water partition coefficient (Wildman–Crippen LogP) is 4.53. The number of hydrogen-bond donors (Lipinski definition) is 0. The molecule has 1 rings (SSSR count). The average molecular weight is 198 g/mol. The minimum atomic E-state index is 1.18. The van der Waals surface area contributed by atoms with E-state index in [-0.39, 0.29) is 0 Å². The van der Waals surface area contributed by atoms with Gasteiger partial charge in [0.25, 0.3) is 0 Å². The minimum Gasteiger partial charge on any atom is -0.0984 e. The van der Waals surface area contributed by atoms with Crippen molar-refractivity contribution in [3.05, 3.63) is 65.8 Å². The van der Waals surface area contributed by atoms with Crippen molar-refractivity contribution >= 4 is 5.57 Å². The topological polar surface area (TPSA) is 0 Å². The molecule has 0 bridgehead atoms. The van der Waals surface area contributed by atoms with E-state index in [1.165, 1.54) is 22.3 Å². The van der Waals surface area contributed by atoms with E-state index < -0.39 is 0 Å². The van der Waals surface area contributed by atoms with Crippen molar-refractivity contribution in [2.75, 3.05) is 0 Å². The molecule has 0 heterocycles. The van der Waals surface area contributed by atoms with E-state index in [4.69, 9.17) is 0 Å². The van der Waals surface area contributed by atoms with Crippen LogP contribution in [0.4, 0.5) is 0 Å². The highest BCUT2D eigenvalue weighted by atomic mass is 14.0. The van der Waals surface area contributed by atoms with E-state index in [0.29, 0.717) is 0 Å². The highest BCUT2D eigenvalue weighted by molar-refractivity contribution is 5.76. The lowest BCUT2D eigenvalue weighted by Crippen LogP contribution is -1.85. The van der Waals surface area contributed by atoms with Crippen LogP contribution in [0.25, 0.3) is 5.57 Å². The highest BCUT2D eigenvalue weighted by Gasteiger charge is 1.98. The van der Waals surface area contributed by atoms with E-state index in [2.05, 4.69) is 63.8 Å². The lowest BCUT2D eigenvalue weighted by molar-refractivity contribution is 1.39. The molecule has 0 fully saturated rings. The Hall–Kier alpha value is -1.56. The molecule has 1 aromatic carbocycles. The minimum absolute atomic E-state index is 1.18. The Balaban J connectivity index is 3.14. The zero-order chi connectivity index (χ0) is 11.3. The molecule has 0 radical (unpaired) electrons. The first-order chi connectivity index (χ1) is 7.15. The van der Waals surface area contributed by atoms with Crippen LogP contribution in [-0.4, -0.2) is 0 Å². The predicted molar refractivity (Wildman–Crippen MR) is 68.8 cm³/mol. The van der Waals surface area contributed by atoms with Gasteiger partial charge in [-0.3, -0.25) is 0 Å². The molecule has 0 aliphatic carbocycles. The first kappa shape index (κ1) is 11.5. The smallest absolute Gasteiger partial charge is 0.0155 e. The van der Waals surface area contributed by atoms with Gasteiger partial charge in [-0.15, -0.1) is 0 Å². The fourth-order valence-corrected chi connectivity index (χ4v) is 1.42. The van der Waals surface area contributed by atoms with Crippen LogP contribution in [0.5, 0.6) is 0 Å². The molecule has 0 unspecified atom stereocenters. The third-order valence-corrected chi connectivity index (χ3v) is 2.27. The molecule has 0 heteroatoms. The molecule has 78 valence electrons. The normalized spacial score (nSPS) is 11.0. The Morgan fingerprint density at radius 1 is 1.13 bits per heavy atom. The Bertz CT molecular complexity index is 402. The summed E-state index contributed by atoms with van der Waals surface area (Å²) >= 11 is 0. The van der Waals surface area contributed by atoms with Crippen molar-refractivity contribution < 1.29 is 0 Å². The first-order valence-electron chi connectivity index (χ1n) is 5.18. The summed E-state index contributed by atoms with van der Waals surface area (Å²) in [5.41, 5.74) is 5.01. The zero-order valence-electron chi connectivity index (χ0n) is 9.75. The molecule has 0 saturated carbocycles. The molecule has 0 amide bonds. The lowest BCUT2D eigenvalue weighted by Gasteiger charge is -2.05. The number of benzene rings is 1. The summed E-state index contributed by atoms with van der Waals surface area (Å²) in [4.78, 5) is 0. The fraction of sp³-hybridized carbons (Fsp3) is 0.200. The van der Waals surface area contributed by atoms with Crippen molar-refractivity contribution in [2.24, 2.45) is 0 Å². The van der Waals surface area contributed by atoms with Crippen LogP contribution in [0.15, 0.2) is 54.6 Å². The molecule has 0 aliphatic rings. The van der Waals surface area contributed by atoms with Crippen LogP contribution >= 0.6 is 0 Å². The summed E-state index contributed by atoms with van der Waals surface area (Å²) in [5.74, 6) is 0. The third kappa shape index (κ3) is 3.25. The molecule has 0 atom stereocenters. The monoisotopic (exact) mass is 198 g/mol. The number of hydrogen-bond acceptors (Lipinski definition) is 0. The first-order valence-corrected chi connectivity index (χ1v) is 5.18. The van der Waals surface area contributed by atoms with E-state index in [1.54, 1.807) is 0 Å². The molecular formula is C15H18. The van der Waals surface area contributed by atoms with E-state index in [9.17, 15) is 0 Å². The van der Waals surface area contributed by atoms with Gasteiger partial charge in [-0.1, -0.05) is 54.6 Å². The zero-order valence-corrected chi connectivity index (χ0v) is 9.75. The van der Waals surface area contributed by atoms with Crippen molar-refractivity contribution in [1.82, 2.24) is 0 Å². The molecule has 1 aromatic rings. The SMILES string of the molecule is C=C/C(=C\C=C(C)C)c1ccccc1C. The van der Waals surface area contributed by atoms with Gasteiger partial charge in [-0.25, -0.2) is 0 Å². The molecule has 0 nitrogen and oxygen atoms in total. The van der Waals surface area contributed by atoms with Crippen molar-refractivity contribution in [2.45, 2.75) is 20.8 Å². The van der Waals surface area contributed by atoms with Gasteiger partial charge in [-0.2, -0.15) is 0 Å². The molecule has 0 N–H and O–H groups in total. The molecule has 0 saturated heterocycles. The van der Waals surface area contributed by atoms with Crippen LogP contribution in [0.3, 0.4) is 0 Å². The van der Waals surface area contributed by atoms with Gasteiger partial charge in [0.15, 0.2) is 0 Å². The fourth-order valence-electron chi connectivity index (χ4n) is 1.42. The van der Waals surface area contributed by atoms with E-state index >= 15 is 0 Å².